The Bertz CT molecular complexity index is 1460. The molecule has 0 atom stereocenters. The quantitative estimate of drug-likeness (QED) is 0.331. The van der Waals surface area contributed by atoms with Crippen molar-refractivity contribution in [2.45, 2.75) is 13.1 Å². The number of halogens is 3. The van der Waals surface area contributed by atoms with Gasteiger partial charge in [-0.05, 0) is 48.9 Å². The number of benzene rings is 1. The van der Waals surface area contributed by atoms with Crippen LogP contribution in [0.3, 0.4) is 0 Å². The number of nitrogens with one attached hydrogen (secondary N) is 2. The van der Waals surface area contributed by atoms with E-state index >= 15 is 0 Å². The van der Waals surface area contributed by atoms with Crippen molar-refractivity contribution in [3.05, 3.63) is 83.6 Å². The summed E-state index contributed by atoms with van der Waals surface area (Å²) in [4.78, 5) is 22.1. The number of anilines is 4. The van der Waals surface area contributed by atoms with E-state index in [2.05, 4.69) is 45.2 Å². The van der Waals surface area contributed by atoms with Gasteiger partial charge in [0.1, 0.15) is 0 Å². The molecule has 39 heavy (non-hydrogen) atoms. The Balaban J connectivity index is 1.40. The molecule has 0 amide bonds. The third-order valence-electron chi connectivity index (χ3n) is 6.05. The zero-order valence-corrected chi connectivity index (χ0v) is 21.1. The van der Waals surface area contributed by atoms with E-state index < -0.39 is 11.7 Å². The van der Waals surface area contributed by atoms with Gasteiger partial charge in [-0.25, -0.2) is 0 Å². The van der Waals surface area contributed by atoms with Gasteiger partial charge in [0.15, 0.2) is 11.6 Å². The maximum absolute atomic E-state index is 13.1. The van der Waals surface area contributed by atoms with E-state index in [1.54, 1.807) is 30.6 Å². The van der Waals surface area contributed by atoms with Crippen LogP contribution in [0.2, 0.25) is 0 Å². The van der Waals surface area contributed by atoms with Crippen LogP contribution in [-0.2, 0) is 6.18 Å². The first-order valence-corrected chi connectivity index (χ1v) is 12.3. The average Bonchev–Trinajstić information content (AvgIpc) is 3.39. The average molecular weight is 534 g/mol. The second kappa shape index (κ2) is 11.3. The van der Waals surface area contributed by atoms with Crippen molar-refractivity contribution in [1.82, 2.24) is 30.1 Å². The van der Waals surface area contributed by atoms with E-state index in [9.17, 15) is 13.2 Å². The molecule has 5 rings (SSSR count). The lowest BCUT2D eigenvalue weighted by Crippen LogP contribution is -2.47. The van der Waals surface area contributed by atoms with Gasteiger partial charge < -0.3 is 15.1 Å². The number of aromatic nitrogens is 6. The molecule has 1 fully saturated rings. The van der Waals surface area contributed by atoms with E-state index in [1.165, 1.54) is 6.07 Å². The number of hydrogen-bond acceptors (Lipinski definition) is 8. The highest BCUT2D eigenvalue weighted by Gasteiger charge is 2.30. The van der Waals surface area contributed by atoms with Crippen molar-refractivity contribution >= 4 is 41.6 Å². The molecule has 0 aliphatic carbocycles. The highest BCUT2D eigenvalue weighted by atomic mass is 19.4. The minimum Gasteiger partial charge on any atom is -0.368 e. The number of hydrogen-bond donors (Lipinski definition) is 2. The zero-order valence-electron chi connectivity index (χ0n) is 21.1. The molecule has 1 aliphatic rings. The third-order valence-corrected chi connectivity index (χ3v) is 6.05. The molecule has 0 bridgehead atoms. The Morgan fingerprint density at radius 1 is 0.897 bits per heavy atom. The molecule has 0 radical (unpaired) electrons. The highest BCUT2D eigenvalue weighted by molar-refractivity contribution is 5.68. The summed E-state index contributed by atoms with van der Waals surface area (Å²) in [6.07, 6.45) is 6.02. The topological polar surface area (TPSA) is 98.8 Å². The molecule has 4 heterocycles. The smallest absolute Gasteiger partial charge is 0.368 e. The van der Waals surface area contributed by atoms with Gasteiger partial charge in [0, 0.05) is 50.3 Å². The fraction of sp³-hybridized carbons (Fsp3) is 0.222. The maximum atomic E-state index is 13.1. The molecule has 0 spiro atoms. The van der Waals surface area contributed by atoms with E-state index in [0.717, 1.165) is 36.6 Å². The van der Waals surface area contributed by atoms with E-state index in [-0.39, 0.29) is 5.95 Å². The van der Waals surface area contributed by atoms with Crippen LogP contribution >= 0.6 is 0 Å². The molecule has 12 heteroatoms. The van der Waals surface area contributed by atoms with Crippen LogP contribution < -0.4 is 15.1 Å². The Kier molecular flexibility index (Phi) is 7.53. The fourth-order valence-electron chi connectivity index (χ4n) is 4.14. The zero-order chi connectivity index (χ0) is 27.2. The molecule has 3 aromatic heterocycles. The molecule has 0 saturated carbocycles. The van der Waals surface area contributed by atoms with Crippen molar-refractivity contribution in [2.24, 2.45) is 0 Å². The molecular weight excluding hydrogens is 507 g/mol. The number of H-pyrrole nitrogens is 1. The summed E-state index contributed by atoms with van der Waals surface area (Å²) < 4.78 is 39.4. The Hall–Kier alpha value is -4.74. The first-order chi connectivity index (χ1) is 18.9. The molecular formula is C27H26F3N9. The molecule has 1 aromatic carbocycles. The lowest BCUT2D eigenvalue weighted by molar-refractivity contribution is -0.137. The Labute approximate surface area is 223 Å². The van der Waals surface area contributed by atoms with Gasteiger partial charge in [0.2, 0.25) is 11.9 Å². The van der Waals surface area contributed by atoms with Crippen molar-refractivity contribution in [3.63, 3.8) is 0 Å². The first-order valence-electron chi connectivity index (χ1n) is 12.3. The van der Waals surface area contributed by atoms with Gasteiger partial charge in [-0.15, -0.1) is 0 Å². The molecule has 200 valence electrons. The van der Waals surface area contributed by atoms with Crippen LogP contribution in [0.1, 0.15) is 29.6 Å². The van der Waals surface area contributed by atoms with Crippen LogP contribution in [0.4, 0.5) is 36.6 Å². The summed E-state index contributed by atoms with van der Waals surface area (Å²) in [7, 11) is 0. The minimum atomic E-state index is -4.42. The monoisotopic (exact) mass is 533 g/mol. The summed E-state index contributed by atoms with van der Waals surface area (Å²) in [5.41, 5.74) is 1.58. The Morgan fingerprint density at radius 2 is 1.67 bits per heavy atom. The van der Waals surface area contributed by atoms with Crippen LogP contribution in [0.25, 0.3) is 18.2 Å². The number of alkyl halides is 3. The van der Waals surface area contributed by atoms with Crippen molar-refractivity contribution < 1.29 is 13.2 Å². The number of aromatic amines is 1. The second-order valence-corrected chi connectivity index (χ2v) is 8.79. The number of rotatable bonds is 7. The van der Waals surface area contributed by atoms with Gasteiger partial charge in [-0.1, -0.05) is 24.3 Å². The third kappa shape index (κ3) is 6.58. The number of nitrogens with zero attached hydrogens (tertiary/aromatic N) is 7. The summed E-state index contributed by atoms with van der Waals surface area (Å²) in [6, 6.07) is 10.9. The summed E-state index contributed by atoms with van der Waals surface area (Å²) >= 11 is 0. The van der Waals surface area contributed by atoms with Gasteiger partial charge in [0.25, 0.3) is 0 Å². The molecule has 4 aromatic rings. The van der Waals surface area contributed by atoms with Gasteiger partial charge in [0.05, 0.1) is 11.3 Å². The van der Waals surface area contributed by atoms with Crippen LogP contribution in [0.5, 0.6) is 0 Å². The van der Waals surface area contributed by atoms with Crippen LogP contribution in [-0.4, -0.2) is 56.3 Å². The lowest BCUT2D eigenvalue weighted by Gasteiger charge is -2.36. The van der Waals surface area contributed by atoms with Gasteiger partial charge in [-0.2, -0.15) is 33.2 Å². The standard InChI is InChI=1S/C27H26F3N9/c1-2-4-21-18-24(37-36-21)33-25-32-23(8-7-19-5-3-6-20(17-19)27(28,29)30)34-26(35-25)39-15-13-38(14-16-39)22-9-11-31-12-10-22/h2-12,17-18H,13-16H2,1H3,(H2,32,33,34,35,36,37)/b4-2+,8-7+. The predicted octanol–water partition coefficient (Wildman–Crippen LogP) is 5.28. The minimum absolute atomic E-state index is 0.277. The SMILES string of the molecule is C/C=C/c1cc(Nc2nc(/C=C/c3cccc(C(F)(F)F)c3)nc(N3CCN(c4ccncc4)CC3)n2)n[nH]1. The van der Waals surface area contributed by atoms with Crippen molar-refractivity contribution in [2.75, 3.05) is 41.3 Å². The molecule has 0 unspecified atom stereocenters. The maximum Gasteiger partial charge on any atom is 0.416 e. The first kappa shape index (κ1) is 25.9. The molecule has 9 nitrogen and oxygen atoms in total. The van der Waals surface area contributed by atoms with Crippen molar-refractivity contribution in [3.8, 4) is 0 Å². The fourth-order valence-corrected chi connectivity index (χ4v) is 4.14. The Morgan fingerprint density at radius 3 is 2.41 bits per heavy atom. The summed E-state index contributed by atoms with van der Waals surface area (Å²) in [5, 5.41) is 10.2. The molecule has 2 N–H and O–H groups in total. The van der Waals surface area contributed by atoms with E-state index in [4.69, 9.17) is 0 Å². The van der Waals surface area contributed by atoms with Gasteiger partial charge in [-0.3, -0.25) is 10.1 Å². The predicted molar refractivity (Wildman–Crippen MR) is 145 cm³/mol. The molecule has 1 saturated heterocycles. The number of allylic oxidation sites excluding steroid dienone is 1. The van der Waals surface area contributed by atoms with Crippen LogP contribution in [0, 0.1) is 0 Å². The summed E-state index contributed by atoms with van der Waals surface area (Å²) in [5.74, 6) is 1.57. The number of piperazine rings is 1. The van der Waals surface area contributed by atoms with Crippen LogP contribution in [0.15, 0.2) is 60.9 Å². The van der Waals surface area contributed by atoms with Crippen molar-refractivity contribution in [1.29, 1.82) is 0 Å². The highest BCUT2D eigenvalue weighted by Crippen LogP contribution is 2.30. The summed E-state index contributed by atoms with van der Waals surface area (Å²) in [6.45, 7) is 4.79. The number of pyridine rings is 1. The van der Waals surface area contributed by atoms with Gasteiger partial charge >= 0.3 is 6.18 Å². The molecule has 1 aliphatic heterocycles. The second-order valence-electron chi connectivity index (χ2n) is 8.79. The lowest BCUT2D eigenvalue weighted by atomic mass is 10.1. The van der Waals surface area contributed by atoms with E-state index in [0.29, 0.717) is 36.2 Å². The largest absolute Gasteiger partial charge is 0.416 e. The van der Waals surface area contributed by atoms with E-state index in [1.807, 2.05) is 37.3 Å². The normalized spacial score (nSPS) is 14.5.